The maximum atomic E-state index is 11.2. The Labute approximate surface area is 127 Å². The van der Waals surface area contributed by atoms with E-state index >= 15 is 0 Å². The molecule has 1 aliphatic carbocycles. The minimum absolute atomic E-state index is 0.753. The van der Waals surface area contributed by atoms with Crippen molar-refractivity contribution in [1.29, 1.82) is 0 Å². The van der Waals surface area contributed by atoms with Gasteiger partial charge in [0.15, 0.2) is 0 Å². The lowest BCUT2D eigenvalue weighted by atomic mass is 9.75. The minimum Gasteiger partial charge on any atom is -0.497 e. The summed E-state index contributed by atoms with van der Waals surface area (Å²) in [6.45, 7) is 0. The molecule has 0 radical (unpaired) electrons. The molecule has 2 aromatic carbocycles. The Morgan fingerprint density at radius 1 is 1.15 bits per heavy atom. The highest BCUT2D eigenvalue weighted by Gasteiger charge is 2.36. The van der Waals surface area contributed by atoms with Crippen LogP contribution >= 0.6 is 15.9 Å². The Morgan fingerprint density at radius 3 is 2.60 bits per heavy atom. The molecule has 0 fully saturated rings. The van der Waals surface area contributed by atoms with Crippen molar-refractivity contribution in [2.45, 2.75) is 24.9 Å². The van der Waals surface area contributed by atoms with Crippen LogP contribution in [-0.2, 0) is 12.0 Å². The van der Waals surface area contributed by atoms with Crippen LogP contribution in [0.1, 0.15) is 29.5 Å². The van der Waals surface area contributed by atoms with E-state index in [4.69, 9.17) is 4.74 Å². The number of aliphatic hydroxyl groups is 1. The average Bonchev–Trinajstić information content (AvgIpc) is 2.48. The smallest absolute Gasteiger partial charge is 0.118 e. The molecule has 0 spiro atoms. The zero-order chi connectivity index (χ0) is 14.2. The van der Waals surface area contributed by atoms with Gasteiger partial charge < -0.3 is 9.84 Å². The summed E-state index contributed by atoms with van der Waals surface area (Å²) in [5.41, 5.74) is 2.28. The molecule has 1 atom stereocenters. The first-order valence-corrected chi connectivity index (χ1v) is 7.58. The molecular formula is C17H17BrO2. The van der Waals surface area contributed by atoms with Crippen LogP contribution in [0.5, 0.6) is 5.75 Å². The number of fused-ring (bicyclic) bond motifs is 1. The molecule has 0 heterocycles. The fourth-order valence-corrected chi connectivity index (χ4v) is 3.35. The highest BCUT2D eigenvalue weighted by Crippen LogP contribution is 2.41. The van der Waals surface area contributed by atoms with Crippen LogP contribution in [0.2, 0.25) is 0 Å². The maximum absolute atomic E-state index is 11.2. The van der Waals surface area contributed by atoms with Crippen molar-refractivity contribution in [2.24, 2.45) is 0 Å². The molecule has 1 unspecified atom stereocenters. The first kappa shape index (κ1) is 13.7. The monoisotopic (exact) mass is 332 g/mol. The predicted octanol–water partition coefficient (Wildman–Crippen LogP) is 4.03. The molecule has 1 N–H and O–H groups in total. The van der Waals surface area contributed by atoms with E-state index in [0.29, 0.717) is 0 Å². The summed E-state index contributed by atoms with van der Waals surface area (Å²) >= 11 is 3.51. The standard InChI is InChI=1S/C17H17BrO2/c1-20-15-8-5-13(6-9-15)17(19)10-2-3-12-4-7-14(18)11-16(12)17/h4-9,11,19H,2-3,10H2,1H3. The molecule has 20 heavy (non-hydrogen) atoms. The van der Waals surface area contributed by atoms with Gasteiger partial charge >= 0.3 is 0 Å². The molecule has 2 nitrogen and oxygen atoms in total. The predicted molar refractivity (Wildman–Crippen MR) is 83.1 cm³/mol. The lowest BCUT2D eigenvalue weighted by molar-refractivity contribution is 0.0615. The summed E-state index contributed by atoms with van der Waals surface area (Å²) < 4.78 is 6.19. The first-order chi connectivity index (χ1) is 9.63. The average molecular weight is 333 g/mol. The second-order valence-corrected chi connectivity index (χ2v) is 6.16. The van der Waals surface area contributed by atoms with E-state index in [1.807, 2.05) is 36.4 Å². The molecule has 0 saturated heterocycles. The molecule has 3 rings (SSSR count). The molecule has 0 amide bonds. The van der Waals surface area contributed by atoms with Crippen LogP contribution in [0.15, 0.2) is 46.9 Å². The van der Waals surface area contributed by atoms with Gasteiger partial charge in [-0.25, -0.2) is 0 Å². The molecule has 0 aliphatic heterocycles. The minimum atomic E-state index is -0.899. The molecule has 0 saturated carbocycles. The van der Waals surface area contributed by atoms with Gasteiger partial charge in [0.05, 0.1) is 7.11 Å². The van der Waals surface area contributed by atoms with Crippen molar-refractivity contribution >= 4 is 15.9 Å². The Hall–Kier alpha value is -1.32. The van der Waals surface area contributed by atoms with Gasteiger partial charge in [-0.15, -0.1) is 0 Å². The van der Waals surface area contributed by atoms with Crippen LogP contribution in [-0.4, -0.2) is 12.2 Å². The van der Waals surface area contributed by atoms with Crippen molar-refractivity contribution in [2.75, 3.05) is 7.11 Å². The number of benzene rings is 2. The molecule has 0 aromatic heterocycles. The molecule has 0 bridgehead atoms. The Morgan fingerprint density at radius 2 is 1.90 bits per heavy atom. The SMILES string of the molecule is COc1ccc(C2(O)CCCc3ccc(Br)cc32)cc1. The Balaban J connectivity index is 2.10. The fraction of sp³-hybridized carbons (Fsp3) is 0.294. The van der Waals surface area contributed by atoms with Crippen LogP contribution in [0.25, 0.3) is 0 Å². The van der Waals surface area contributed by atoms with Crippen LogP contribution in [0, 0.1) is 0 Å². The Kier molecular flexibility index (Phi) is 3.57. The highest BCUT2D eigenvalue weighted by atomic mass is 79.9. The van der Waals surface area contributed by atoms with E-state index in [1.165, 1.54) is 5.56 Å². The first-order valence-electron chi connectivity index (χ1n) is 6.79. The van der Waals surface area contributed by atoms with Crippen LogP contribution in [0.4, 0.5) is 0 Å². The summed E-state index contributed by atoms with van der Waals surface area (Å²) in [5.74, 6) is 0.808. The quantitative estimate of drug-likeness (QED) is 0.899. The van der Waals surface area contributed by atoms with Gasteiger partial charge in [0.2, 0.25) is 0 Å². The molecule has 3 heteroatoms. The summed E-state index contributed by atoms with van der Waals surface area (Å²) in [6.07, 6.45) is 2.78. The van der Waals surface area contributed by atoms with Crippen molar-refractivity contribution in [3.05, 3.63) is 63.6 Å². The number of rotatable bonds is 2. The van der Waals surface area contributed by atoms with Crippen LogP contribution < -0.4 is 4.74 Å². The highest BCUT2D eigenvalue weighted by molar-refractivity contribution is 9.10. The number of methoxy groups -OCH3 is 1. The number of halogens is 1. The van der Waals surface area contributed by atoms with E-state index in [1.54, 1.807) is 7.11 Å². The van der Waals surface area contributed by atoms with E-state index in [0.717, 1.165) is 40.6 Å². The maximum Gasteiger partial charge on any atom is 0.118 e. The third kappa shape index (κ3) is 2.25. The summed E-state index contributed by atoms with van der Waals surface area (Å²) in [4.78, 5) is 0. The van der Waals surface area contributed by atoms with E-state index in [-0.39, 0.29) is 0 Å². The molecule has 2 aromatic rings. The molecular weight excluding hydrogens is 316 g/mol. The van der Waals surface area contributed by atoms with Gasteiger partial charge in [-0.2, -0.15) is 0 Å². The van der Waals surface area contributed by atoms with Gasteiger partial charge in [-0.05, 0) is 60.2 Å². The number of ether oxygens (including phenoxy) is 1. The van der Waals surface area contributed by atoms with Gasteiger partial charge in [0.25, 0.3) is 0 Å². The zero-order valence-electron chi connectivity index (χ0n) is 11.4. The van der Waals surface area contributed by atoms with Crippen molar-refractivity contribution < 1.29 is 9.84 Å². The number of aryl methyl sites for hydroxylation is 1. The third-order valence-electron chi connectivity index (χ3n) is 4.07. The van der Waals surface area contributed by atoms with Crippen molar-refractivity contribution in [3.8, 4) is 5.75 Å². The normalized spacial score (nSPS) is 21.4. The lowest BCUT2D eigenvalue weighted by Crippen LogP contribution is -2.31. The van der Waals surface area contributed by atoms with E-state index in [2.05, 4.69) is 22.0 Å². The Bertz CT molecular complexity index is 621. The van der Waals surface area contributed by atoms with Gasteiger partial charge in [0.1, 0.15) is 11.4 Å². The topological polar surface area (TPSA) is 29.5 Å². The second kappa shape index (κ2) is 5.23. The van der Waals surface area contributed by atoms with E-state index < -0.39 is 5.60 Å². The van der Waals surface area contributed by atoms with Crippen molar-refractivity contribution in [3.63, 3.8) is 0 Å². The summed E-state index contributed by atoms with van der Waals surface area (Å²) in [7, 11) is 1.65. The second-order valence-electron chi connectivity index (χ2n) is 5.24. The van der Waals surface area contributed by atoms with Gasteiger partial charge in [-0.3, -0.25) is 0 Å². The number of hydrogen-bond donors (Lipinski definition) is 1. The molecule has 104 valence electrons. The van der Waals surface area contributed by atoms with Gasteiger partial charge in [0, 0.05) is 4.47 Å². The number of hydrogen-bond acceptors (Lipinski definition) is 2. The third-order valence-corrected chi connectivity index (χ3v) is 4.56. The summed E-state index contributed by atoms with van der Waals surface area (Å²) in [6, 6.07) is 13.9. The summed E-state index contributed by atoms with van der Waals surface area (Å²) in [5, 5.41) is 11.2. The zero-order valence-corrected chi connectivity index (χ0v) is 13.0. The van der Waals surface area contributed by atoms with Gasteiger partial charge in [-0.1, -0.05) is 34.1 Å². The fourth-order valence-electron chi connectivity index (χ4n) is 2.99. The van der Waals surface area contributed by atoms with Crippen molar-refractivity contribution in [1.82, 2.24) is 0 Å². The van der Waals surface area contributed by atoms with Crippen LogP contribution in [0.3, 0.4) is 0 Å². The largest absolute Gasteiger partial charge is 0.497 e. The van der Waals surface area contributed by atoms with E-state index in [9.17, 15) is 5.11 Å². The molecule has 1 aliphatic rings. The lowest BCUT2D eigenvalue weighted by Gasteiger charge is -2.35.